The zero-order valence-corrected chi connectivity index (χ0v) is 24.4. The Labute approximate surface area is 233 Å². The van der Waals surface area contributed by atoms with Gasteiger partial charge in [0, 0.05) is 51.7 Å². The molecule has 4 rings (SSSR count). The second kappa shape index (κ2) is 11.2. The number of carbonyl (C=O) groups is 1. The van der Waals surface area contributed by atoms with Gasteiger partial charge in [-0.1, -0.05) is 6.92 Å². The highest BCUT2D eigenvalue weighted by atomic mass is 32.2. The van der Waals surface area contributed by atoms with Crippen molar-refractivity contribution in [1.82, 2.24) is 28.3 Å². The standard InChI is InChI=1S/C24H33N7O7S2/c1-16-9-31(17(2)13-32)24(33)19-8-18(27-39(34,35)22-11-28(3)14-25-22)6-7-20(19)38-21(16)10-30(5)40(36,37)23-12-29(4)15-26-23/h6-8,11-12,14-17,21,27,32H,9-10,13H2,1-5H3/t16-,17-,21+/m1/s1. The second-order valence-electron chi connectivity index (χ2n) is 9.98. The molecule has 16 heteroatoms. The third-order valence-corrected chi connectivity index (χ3v) is 9.64. The van der Waals surface area contributed by atoms with E-state index in [1.54, 1.807) is 21.0 Å². The van der Waals surface area contributed by atoms with E-state index in [-0.39, 0.29) is 52.7 Å². The van der Waals surface area contributed by atoms with Crippen molar-refractivity contribution in [3.05, 3.63) is 48.8 Å². The number of nitrogens with one attached hydrogen (secondary N) is 1. The Bertz CT molecular complexity index is 1600. The monoisotopic (exact) mass is 595 g/mol. The maximum atomic E-state index is 13.6. The van der Waals surface area contributed by atoms with Crippen molar-refractivity contribution in [3.8, 4) is 5.75 Å². The molecule has 2 aromatic heterocycles. The number of ether oxygens (including phenoxy) is 1. The summed E-state index contributed by atoms with van der Waals surface area (Å²) in [5, 5.41) is 9.57. The zero-order valence-electron chi connectivity index (χ0n) is 22.8. The number of sulfonamides is 2. The molecule has 40 heavy (non-hydrogen) atoms. The van der Waals surface area contributed by atoms with Gasteiger partial charge in [-0.25, -0.2) is 18.4 Å². The van der Waals surface area contributed by atoms with Crippen molar-refractivity contribution in [3.63, 3.8) is 0 Å². The van der Waals surface area contributed by atoms with Gasteiger partial charge >= 0.3 is 0 Å². The molecule has 0 saturated carbocycles. The first-order valence-corrected chi connectivity index (χ1v) is 15.3. The summed E-state index contributed by atoms with van der Waals surface area (Å²) < 4.78 is 64.7. The summed E-state index contributed by atoms with van der Waals surface area (Å²) in [5.74, 6) is -0.647. The van der Waals surface area contributed by atoms with Crippen LogP contribution < -0.4 is 9.46 Å². The Hall–Kier alpha value is -3.47. The van der Waals surface area contributed by atoms with Crippen LogP contribution in [0.4, 0.5) is 5.69 Å². The first kappa shape index (κ1) is 29.5. The molecule has 0 unspecified atom stereocenters. The molecular formula is C24H33N7O7S2. The van der Waals surface area contributed by atoms with Gasteiger partial charge in [0.05, 0.1) is 37.4 Å². The van der Waals surface area contributed by atoms with Gasteiger partial charge < -0.3 is 23.9 Å². The van der Waals surface area contributed by atoms with Crippen molar-refractivity contribution in [2.45, 2.75) is 36.0 Å². The number of nitrogens with zero attached hydrogens (tertiary/aromatic N) is 6. The normalized spacial score (nSPS) is 19.1. The third-order valence-electron chi connectivity index (χ3n) is 6.67. The number of benzene rings is 1. The second-order valence-corrected chi connectivity index (χ2v) is 13.6. The average Bonchev–Trinajstić information content (AvgIpc) is 3.54. The van der Waals surface area contributed by atoms with Gasteiger partial charge in [-0.05, 0) is 25.1 Å². The molecule has 1 aromatic carbocycles. The molecule has 3 heterocycles. The van der Waals surface area contributed by atoms with E-state index in [4.69, 9.17) is 4.74 Å². The minimum Gasteiger partial charge on any atom is -0.488 e. The first-order chi connectivity index (χ1) is 18.7. The van der Waals surface area contributed by atoms with E-state index in [1.807, 2.05) is 6.92 Å². The number of hydrogen-bond donors (Lipinski definition) is 2. The van der Waals surface area contributed by atoms with E-state index in [9.17, 15) is 26.7 Å². The van der Waals surface area contributed by atoms with Crippen LogP contribution in [0.3, 0.4) is 0 Å². The van der Waals surface area contributed by atoms with E-state index in [0.29, 0.717) is 0 Å². The summed E-state index contributed by atoms with van der Waals surface area (Å²) in [4.78, 5) is 22.9. The molecule has 3 atom stereocenters. The largest absolute Gasteiger partial charge is 0.488 e. The van der Waals surface area contributed by atoms with Gasteiger partial charge in [-0.15, -0.1) is 0 Å². The van der Waals surface area contributed by atoms with Gasteiger partial charge in [0.2, 0.25) is 0 Å². The van der Waals surface area contributed by atoms with Crippen molar-refractivity contribution >= 4 is 31.6 Å². The van der Waals surface area contributed by atoms with Gasteiger partial charge in [0.1, 0.15) is 11.9 Å². The quantitative estimate of drug-likeness (QED) is 0.358. The molecule has 0 radical (unpaired) electrons. The molecule has 0 bridgehead atoms. The van der Waals surface area contributed by atoms with E-state index in [0.717, 1.165) is 4.31 Å². The van der Waals surface area contributed by atoms with Gasteiger partial charge in [-0.2, -0.15) is 12.7 Å². The fourth-order valence-electron chi connectivity index (χ4n) is 4.27. The Morgan fingerprint density at radius 2 is 1.75 bits per heavy atom. The fourth-order valence-corrected chi connectivity index (χ4v) is 6.45. The minimum atomic E-state index is -4.03. The molecule has 1 aliphatic heterocycles. The lowest BCUT2D eigenvalue weighted by Gasteiger charge is -2.38. The van der Waals surface area contributed by atoms with Crippen molar-refractivity contribution in [2.24, 2.45) is 20.0 Å². The number of aryl methyl sites for hydroxylation is 2. The van der Waals surface area contributed by atoms with Crippen LogP contribution in [-0.2, 0) is 34.1 Å². The van der Waals surface area contributed by atoms with Crippen LogP contribution in [0.25, 0.3) is 0 Å². The summed E-state index contributed by atoms with van der Waals surface area (Å²) >= 11 is 0. The number of anilines is 1. The van der Waals surface area contributed by atoms with Crippen LogP contribution in [0.1, 0.15) is 24.2 Å². The highest BCUT2D eigenvalue weighted by molar-refractivity contribution is 7.92. The Morgan fingerprint density at radius 1 is 1.12 bits per heavy atom. The minimum absolute atomic E-state index is 0.0525. The van der Waals surface area contributed by atoms with Crippen LogP contribution in [0.5, 0.6) is 5.75 Å². The Morgan fingerprint density at radius 3 is 2.33 bits per heavy atom. The number of aliphatic hydroxyl groups excluding tert-OH is 1. The number of carbonyl (C=O) groups excluding carboxylic acids is 1. The lowest BCUT2D eigenvalue weighted by molar-refractivity contribution is 0.0387. The summed E-state index contributed by atoms with van der Waals surface area (Å²) in [5.41, 5.74) is 0.173. The predicted octanol–water partition coefficient (Wildman–Crippen LogP) is 0.495. The summed E-state index contributed by atoms with van der Waals surface area (Å²) in [7, 11) is -3.22. The van der Waals surface area contributed by atoms with Gasteiger partial charge in [-0.3, -0.25) is 9.52 Å². The molecule has 1 amide bonds. The van der Waals surface area contributed by atoms with E-state index >= 15 is 0 Å². The maximum absolute atomic E-state index is 13.6. The van der Waals surface area contributed by atoms with Crippen LogP contribution in [-0.4, -0.2) is 95.0 Å². The van der Waals surface area contributed by atoms with Crippen molar-refractivity contribution < 1.29 is 31.5 Å². The number of imidazole rings is 2. The Balaban J connectivity index is 1.68. The van der Waals surface area contributed by atoms with E-state index in [2.05, 4.69) is 14.7 Å². The lowest BCUT2D eigenvalue weighted by Crippen LogP contribution is -2.50. The number of fused-ring (bicyclic) bond motifs is 1. The first-order valence-electron chi connectivity index (χ1n) is 12.4. The van der Waals surface area contributed by atoms with Gasteiger partial charge in [0.25, 0.3) is 26.0 Å². The number of rotatable bonds is 9. The maximum Gasteiger partial charge on any atom is 0.280 e. The summed E-state index contributed by atoms with van der Waals surface area (Å²) in [6.07, 6.45) is 4.80. The van der Waals surface area contributed by atoms with Gasteiger partial charge in [0.15, 0.2) is 10.1 Å². The van der Waals surface area contributed by atoms with Crippen LogP contribution in [0, 0.1) is 5.92 Å². The molecule has 3 aromatic rings. The lowest BCUT2D eigenvalue weighted by atomic mass is 9.99. The molecular weight excluding hydrogens is 562 g/mol. The average molecular weight is 596 g/mol. The number of aliphatic hydroxyl groups is 1. The zero-order chi connectivity index (χ0) is 29.4. The topological polar surface area (TPSA) is 169 Å². The molecule has 0 fully saturated rings. The van der Waals surface area contributed by atoms with Crippen molar-refractivity contribution in [2.75, 3.05) is 31.5 Å². The third kappa shape index (κ3) is 5.99. The number of hydrogen-bond acceptors (Lipinski definition) is 9. The van der Waals surface area contributed by atoms with Crippen LogP contribution in [0.2, 0.25) is 0 Å². The SMILES string of the molecule is C[C@@H]1CN([C@H](C)CO)C(=O)c2cc(NS(=O)(=O)c3cn(C)cn3)ccc2O[C@H]1CN(C)S(=O)(=O)c1cn(C)cn1. The van der Waals surface area contributed by atoms with E-state index < -0.39 is 38.1 Å². The number of amides is 1. The highest BCUT2D eigenvalue weighted by Crippen LogP contribution is 2.31. The molecule has 14 nitrogen and oxygen atoms in total. The molecule has 0 saturated heterocycles. The number of likely N-dealkylation sites (N-methyl/N-ethyl adjacent to an activating group) is 1. The molecule has 1 aliphatic rings. The van der Waals surface area contributed by atoms with Crippen molar-refractivity contribution in [1.29, 1.82) is 0 Å². The molecule has 218 valence electrons. The fraction of sp³-hybridized carbons (Fsp3) is 0.458. The number of aromatic nitrogens is 4. The molecule has 0 aliphatic carbocycles. The van der Waals surface area contributed by atoms with Crippen LogP contribution >= 0.6 is 0 Å². The summed E-state index contributed by atoms with van der Waals surface area (Å²) in [6, 6.07) is 3.70. The smallest absolute Gasteiger partial charge is 0.280 e. The van der Waals surface area contributed by atoms with Crippen LogP contribution in [0.15, 0.2) is 53.3 Å². The van der Waals surface area contributed by atoms with E-state index in [1.165, 1.54) is 64.3 Å². The molecule has 0 spiro atoms. The summed E-state index contributed by atoms with van der Waals surface area (Å²) in [6.45, 7) is 3.32. The molecule has 2 N–H and O–H groups in total. The Kier molecular flexibility index (Phi) is 8.26. The highest BCUT2D eigenvalue weighted by Gasteiger charge is 2.36. The predicted molar refractivity (Wildman–Crippen MR) is 145 cm³/mol.